The molecule has 8 nitrogen and oxygen atoms in total. The molecule has 2 rings (SSSR count). The first-order chi connectivity index (χ1) is 11.5. The highest BCUT2D eigenvalue weighted by Crippen LogP contribution is 2.23. The van der Waals surface area contributed by atoms with Crippen LogP contribution in [0, 0.1) is 0 Å². The second-order valence-corrected chi connectivity index (χ2v) is 4.60. The van der Waals surface area contributed by atoms with E-state index in [1.165, 1.54) is 19.2 Å². The molecule has 0 aliphatic heterocycles. The minimum Gasteiger partial charge on any atom is -0.508 e. The summed E-state index contributed by atoms with van der Waals surface area (Å²) in [6.07, 6.45) is 1.14. The molecule has 2 aromatic carbocycles. The topological polar surface area (TPSA) is 120 Å². The summed E-state index contributed by atoms with van der Waals surface area (Å²) >= 11 is 0. The van der Waals surface area contributed by atoms with Crippen LogP contribution < -0.4 is 15.5 Å². The predicted octanol–water partition coefficient (Wildman–Crippen LogP) is 1.20. The molecule has 0 unspecified atom stereocenters. The third kappa shape index (κ3) is 4.23. The van der Waals surface area contributed by atoms with Crippen LogP contribution in [0.5, 0.6) is 17.2 Å². The molecule has 0 aliphatic carbocycles. The van der Waals surface area contributed by atoms with Crippen LogP contribution >= 0.6 is 0 Å². The summed E-state index contributed by atoms with van der Waals surface area (Å²) in [6.45, 7) is 0. The van der Waals surface area contributed by atoms with E-state index in [4.69, 9.17) is 9.84 Å². The molecule has 4 N–H and O–H groups in total. The van der Waals surface area contributed by atoms with Gasteiger partial charge in [0.05, 0.1) is 19.0 Å². The molecule has 8 heteroatoms. The highest BCUT2D eigenvalue weighted by atomic mass is 16.5. The van der Waals surface area contributed by atoms with Crippen molar-refractivity contribution in [3.05, 3.63) is 48.0 Å². The van der Waals surface area contributed by atoms with Crippen molar-refractivity contribution in [1.29, 1.82) is 0 Å². The Hall–Kier alpha value is -3.55. The Labute approximate surface area is 137 Å². The van der Waals surface area contributed by atoms with E-state index >= 15 is 0 Å². The van der Waals surface area contributed by atoms with Gasteiger partial charge >= 0.3 is 11.8 Å². The molecule has 0 spiro atoms. The van der Waals surface area contributed by atoms with Crippen LogP contribution in [0.2, 0.25) is 0 Å². The van der Waals surface area contributed by atoms with Crippen LogP contribution in [-0.4, -0.2) is 35.4 Å². The van der Waals surface area contributed by atoms with Gasteiger partial charge in [-0.2, -0.15) is 5.10 Å². The van der Waals surface area contributed by atoms with Gasteiger partial charge in [0.25, 0.3) is 0 Å². The van der Waals surface area contributed by atoms with Crippen LogP contribution in [0.3, 0.4) is 0 Å². The number of rotatable bonds is 4. The maximum absolute atomic E-state index is 11.8. The normalized spacial score (nSPS) is 10.4. The number of ether oxygens (including phenoxy) is 1. The summed E-state index contributed by atoms with van der Waals surface area (Å²) in [6, 6.07) is 10.5. The number of carbonyl (C=O) groups excluding carboxylic acids is 2. The zero-order valence-electron chi connectivity index (χ0n) is 12.7. The summed E-state index contributed by atoms with van der Waals surface area (Å²) in [5.74, 6) is -1.82. The van der Waals surface area contributed by atoms with E-state index in [0.29, 0.717) is 11.4 Å². The Bertz CT molecular complexity index is 789. The van der Waals surface area contributed by atoms with Crippen molar-refractivity contribution < 1.29 is 24.5 Å². The lowest BCUT2D eigenvalue weighted by Crippen LogP contribution is -2.32. The smallest absolute Gasteiger partial charge is 0.329 e. The van der Waals surface area contributed by atoms with Gasteiger partial charge < -0.3 is 20.3 Å². The highest BCUT2D eigenvalue weighted by molar-refractivity contribution is 6.39. The zero-order valence-corrected chi connectivity index (χ0v) is 12.7. The molecule has 0 saturated heterocycles. The first-order valence-corrected chi connectivity index (χ1v) is 6.80. The van der Waals surface area contributed by atoms with Gasteiger partial charge in [0.15, 0.2) is 0 Å². The van der Waals surface area contributed by atoms with E-state index in [-0.39, 0.29) is 17.1 Å². The van der Waals surface area contributed by atoms with Crippen molar-refractivity contribution in [2.75, 3.05) is 12.4 Å². The van der Waals surface area contributed by atoms with Gasteiger partial charge in [0.1, 0.15) is 17.2 Å². The monoisotopic (exact) mass is 329 g/mol. The van der Waals surface area contributed by atoms with E-state index in [0.717, 1.165) is 12.3 Å². The molecule has 0 saturated carbocycles. The molecular formula is C16H15N3O5. The summed E-state index contributed by atoms with van der Waals surface area (Å²) in [4.78, 5) is 23.5. The van der Waals surface area contributed by atoms with E-state index in [1.807, 2.05) is 5.43 Å². The summed E-state index contributed by atoms with van der Waals surface area (Å²) < 4.78 is 5.06. The number of phenols is 2. The number of phenolic OH excluding ortho intramolecular Hbond substituents is 2. The minimum absolute atomic E-state index is 0.107. The molecule has 0 radical (unpaired) electrons. The first-order valence-electron chi connectivity index (χ1n) is 6.80. The number of benzene rings is 2. The number of hydrogen-bond acceptors (Lipinski definition) is 6. The van der Waals surface area contributed by atoms with Gasteiger partial charge in [-0.3, -0.25) is 9.59 Å². The average molecular weight is 329 g/mol. The Morgan fingerprint density at radius 1 is 1.12 bits per heavy atom. The summed E-state index contributed by atoms with van der Waals surface area (Å²) in [7, 11) is 1.44. The molecule has 124 valence electrons. The Balaban J connectivity index is 1.96. The average Bonchev–Trinajstić information content (AvgIpc) is 2.57. The van der Waals surface area contributed by atoms with Gasteiger partial charge in [-0.15, -0.1) is 0 Å². The largest absolute Gasteiger partial charge is 0.508 e. The fourth-order valence-electron chi connectivity index (χ4n) is 1.78. The molecule has 0 aliphatic rings. The molecule has 0 bridgehead atoms. The second kappa shape index (κ2) is 7.63. The van der Waals surface area contributed by atoms with Crippen LogP contribution in [0.25, 0.3) is 0 Å². The number of amides is 2. The van der Waals surface area contributed by atoms with Crippen LogP contribution in [0.15, 0.2) is 47.6 Å². The number of para-hydroxylation sites is 2. The van der Waals surface area contributed by atoms with Crippen molar-refractivity contribution in [3.8, 4) is 17.2 Å². The van der Waals surface area contributed by atoms with Crippen molar-refractivity contribution in [3.63, 3.8) is 0 Å². The quantitative estimate of drug-likeness (QED) is 0.381. The lowest BCUT2D eigenvalue weighted by Gasteiger charge is -2.08. The summed E-state index contributed by atoms with van der Waals surface area (Å²) in [5.41, 5.74) is 2.64. The second-order valence-electron chi connectivity index (χ2n) is 4.60. The third-order valence-electron chi connectivity index (χ3n) is 2.95. The fourth-order valence-corrected chi connectivity index (χ4v) is 1.78. The van der Waals surface area contributed by atoms with Crippen molar-refractivity contribution in [2.24, 2.45) is 5.10 Å². The molecule has 0 heterocycles. The van der Waals surface area contributed by atoms with Crippen molar-refractivity contribution in [1.82, 2.24) is 5.43 Å². The lowest BCUT2D eigenvalue weighted by molar-refractivity contribution is -0.136. The molecule has 24 heavy (non-hydrogen) atoms. The van der Waals surface area contributed by atoms with Gasteiger partial charge in [-0.05, 0) is 24.3 Å². The number of anilines is 1. The molecule has 0 aromatic heterocycles. The molecule has 2 amide bonds. The Kier molecular flexibility index (Phi) is 5.35. The molecule has 0 fully saturated rings. The minimum atomic E-state index is -0.990. The van der Waals surface area contributed by atoms with Gasteiger partial charge in [-0.1, -0.05) is 12.1 Å². The number of methoxy groups -OCH3 is 1. The highest BCUT2D eigenvalue weighted by Gasteiger charge is 2.14. The predicted molar refractivity (Wildman–Crippen MR) is 87.1 cm³/mol. The van der Waals surface area contributed by atoms with E-state index in [9.17, 15) is 14.7 Å². The number of hydrazone groups is 1. The third-order valence-corrected chi connectivity index (χ3v) is 2.95. The van der Waals surface area contributed by atoms with E-state index in [1.54, 1.807) is 24.3 Å². The fraction of sp³-hybridized carbons (Fsp3) is 0.0625. The Morgan fingerprint density at radius 2 is 1.88 bits per heavy atom. The summed E-state index contributed by atoms with van der Waals surface area (Å²) in [5, 5.41) is 24.7. The van der Waals surface area contributed by atoms with Crippen molar-refractivity contribution >= 4 is 23.7 Å². The van der Waals surface area contributed by atoms with E-state index in [2.05, 4.69) is 10.4 Å². The zero-order chi connectivity index (χ0) is 17.5. The van der Waals surface area contributed by atoms with Crippen molar-refractivity contribution in [2.45, 2.75) is 0 Å². The van der Waals surface area contributed by atoms with Gasteiger partial charge in [-0.25, -0.2) is 5.43 Å². The van der Waals surface area contributed by atoms with Crippen LogP contribution in [0.4, 0.5) is 5.69 Å². The molecular weight excluding hydrogens is 314 g/mol. The number of aromatic hydroxyl groups is 2. The SMILES string of the molecule is COc1ccccc1NC(=O)C(=O)N/N=C\c1ccc(O)cc1O. The molecule has 0 atom stereocenters. The number of carbonyl (C=O) groups is 2. The number of hydrogen-bond donors (Lipinski definition) is 4. The first kappa shape index (κ1) is 16.8. The Morgan fingerprint density at radius 3 is 2.58 bits per heavy atom. The standard InChI is InChI=1S/C16H15N3O5/c1-24-14-5-3-2-4-12(14)18-15(22)16(23)19-17-9-10-6-7-11(20)8-13(10)21/h2-9,20-21H,1H3,(H,18,22)(H,19,23)/b17-9-. The van der Waals surface area contributed by atoms with Crippen LogP contribution in [-0.2, 0) is 9.59 Å². The lowest BCUT2D eigenvalue weighted by atomic mass is 10.2. The maximum atomic E-state index is 11.8. The number of nitrogens with one attached hydrogen (secondary N) is 2. The maximum Gasteiger partial charge on any atom is 0.329 e. The number of nitrogens with zero attached hydrogens (tertiary/aromatic N) is 1. The van der Waals surface area contributed by atoms with Crippen LogP contribution in [0.1, 0.15) is 5.56 Å². The molecule has 2 aromatic rings. The van der Waals surface area contributed by atoms with Gasteiger partial charge in [0, 0.05) is 11.6 Å². The van der Waals surface area contributed by atoms with Gasteiger partial charge in [0.2, 0.25) is 0 Å². The van der Waals surface area contributed by atoms with E-state index < -0.39 is 11.8 Å².